The maximum atomic E-state index is 7.45. The molecule has 0 bridgehead atoms. The minimum absolute atomic E-state index is 0.190. The predicted molar refractivity (Wildman–Crippen MR) is 201 cm³/mol. The summed E-state index contributed by atoms with van der Waals surface area (Å²) in [5.74, 6) is 6.64. The normalized spacial score (nSPS) is 35.2. The van der Waals surface area contributed by atoms with Gasteiger partial charge in [-0.05, 0) is 140 Å². The van der Waals surface area contributed by atoms with Crippen LogP contribution < -0.4 is 0 Å². The highest BCUT2D eigenvalue weighted by Crippen LogP contribution is 2.47. The van der Waals surface area contributed by atoms with Crippen LogP contribution in [0.3, 0.4) is 0 Å². The summed E-state index contributed by atoms with van der Waals surface area (Å²) in [6.07, 6.45) is 37.3. The van der Waals surface area contributed by atoms with Crippen molar-refractivity contribution in [1.29, 1.82) is 0 Å². The molecule has 272 valence electrons. The fourth-order valence-electron chi connectivity index (χ4n) is 10.6. The van der Waals surface area contributed by atoms with Crippen LogP contribution in [0.1, 0.15) is 170 Å². The molecule has 0 aromatic heterocycles. The minimum Gasteiger partial charge on any atom is -0.381 e. The van der Waals surface area contributed by atoms with Crippen LogP contribution in [0.25, 0.3) is 0 Å². The predicted octanol–water partition coefficient (Wildman–Crippen LogP) is 12.5. The zero-order chi connectivity index (χ0) is 33.5. The Morgan fingerprint density at radius 2 is 0.723 bits per heavy atom. The Balaban J connectivity index is 1.21. The molecule has 0 spiro atoms. The molecule has 0 amide bonds. The molecule has 4 saturated carbocycles. The van der Waals surface area contributed by atoms with Crippen LogP contribution in [-0.2, 0) is 14.2 Å². The van der Waals surface area contributed by atoms with Crippen LogP contribution in [0, 0.1) is 47.3 Å². The zero-order valence-corrected chi connectivity index (χ0v) is 32.1. The molecule has 4 aliphatic rings. The van der Waals surface area contributed by atoms with E-state index in [2.05, 4.69) is 65.8 Å². The van der Waals surface area contributed by atoms with Gasteiger partial charge < -0.3 is 14.2 Å². The van der Waals surface area contributed by atoms with Gasteiger partial charge in [0.05, 0.1) is 11.2 Å². The van der Waals surface area contributed by atoms with E-state index in [1.54, 1.807) is 0 Å². The lowest BCUT2D eigenvalue weighted by Gasteiger charge is -2.48. The van der Waals surface area contributed by atoms with Gasteiger partial charge in [-0.15, -0.1) is 0 Å². The lowest BCUT2D eigenvalue weighted by Crippen LogP contribution is -2.49. The maximum Gasteiger partial charge on any atom is 0.0874 e. The molecule has 0 radical (unpaired) electrons. The molecule has 0 N–H and O–H groups in total. The van der Waals surface area contributed by atoms with Gasteiger partial charge in [0.15, 0.2) is 0 Å². The third-order valence-corrected chi connectivity index (χ3v) is 13.8. The highest BCUT2D eigenvalue weighted by atomic mass is 16.5. The van der Waals surface area contributed by atoms with E-state index in [-0.39, 0.29) is 11.2 Å². The average molecular weight is 655 g/mol. The molecule has 4 fully saturated rings. The van der Waals surface area contributed by atoms with Crippen molar-refractivity contribution in [3.05, 3.63) is 24.3 Å². The third-order valence-electron chi connectivity index (χ3n) is 13.8. The van der Waals surface area contributed by atoms with Crippen molar-refractivity contribution in [1.82, 2.24) is 0 Å². The summed E-state index contributed by atoms with van der Waals surface area (Å²) in [5, 5.41) is 0. The highest BCUT2D eigenvalue weighted by Gasteiger charge is 2.44. The van der Waals surface area contributed by atoms with Gasteiger partial charge in [0.2, 0.25) is 0 Å². The Labute approximate surface area is 292 Å². The molecule has 47 heavy (non-hydrogen) atoms. The van der Waals surface area contributed by atoms with Gasteiger partial charge in [-0.25, -0.2) is 0 Å². The molecule has 0 aromatic carbocycles. The molecule has 4 rings (SSSR count). The number of hydrogen-bond donors (Lipinski definition) is 0. The van der Waals surface area contributed by atoms with Crippen LogP contribution >= 0.6 is 0 Å². The van der Waals surface area contributed by atoms with E-state index in [4.69, 9.17) is 14.2 Å². The smallest absolute Gasteiger partial charge is 0.0874 e. The fraction of sp³-hybridized carbons (Fsp3) is 0.909. The summed E-state index contributed by atoms with van der Waals surface area (Å²) in [4.78, 5) is 0. The molecular formula is C44H78O3. The topological polar surface area (TPSA) is 27.7 Å². The maximum absolute atomic E-state index is 7.45. The molecule has 0 aromatic rings. The third kappa shape index (κ3) is 12.3. The SMILES string of the molecule is CC=CC(C)(OC(C)(C=CC)C1CCC(CCC2CCC(COCC)CC2)CC1)C1CCC(CCC2CCC(COCC)CC2)CC1. The molecule has 3 heteroatoms. The van der Waals surface area contributed by atoms with Crippen LogP contribution in [0.2, 0.25) is 0 Å². The van der Waals surface area contributed by atoms with E-state index in [0.717, 1.165) is 61.9 Å². The van der Waals surface area contributed by atoms with Crippen LogP contribution in [0.5, 0.6) is 0 Å². The van der Waals surface area contributed by atoms with Crippen molar-refractivity contribution < 1.29 is 14.2 Å². The molecule has 4 aliphatic carbocycles. The highest BCUT2D eigenvalue weighted by molar-refractivity contribution is 5.10. The first-order valence-corrected chi connectivity index (χ1v) is 20.9. The van der Waals surface area contributed by atoms with Crippen molar-refractivity contribution >= 4 is 0 Å². The van der Waals surface area contributed by atoms with Crippen LogP contribution in [-0.4, -0.2) is 37.6 Å². The van der Waals surface area contributed by atoms with Gasteiger partial charge >= 0.3 is 0 Å². The quantitative estimate of drug-likeness (QED) is 0.138. The molecule has 2 atom stereocenters. The van der Waals surface area contributed by atoms with E-state index in [9.17, 15) is 0 Å². The largest absolute Gasteiger partial charge is 0.381 e. The van der Waals surface area contributed by atoms with Gasteiger partial charge in [0.25, 0.3) is 0 Å². The summed E-state index contributed by atoms with van der Waals surface area (Å²) >= 11 is 0. The van der Waals surface area contributed by atoms with Crippen molar-refractivity contribution in [2.45, 2.75) is 181 Å². The summed E-state index contributed by atoms with van der Waals surface area (Å²) in [6.45, 7) is 17.2. The van der Waals surface area contributed by atoms with Crippen molar-refractivity contribution in [3.8, 4) is 0 Å². The number of ether oxygens (including phenoxy) is 3. The first-order chi connectivity index (χ1) is 22.8. The molecule has 3 nitrogen and oxygen atoms in total. The van der Waals surface area contributed by atoms with Crippen LogP contribution in [0.4, 0.5) is 0 Å². The van der Waals surface area contributed by atoms with E-state index in [1.807, 2.05) is 0 Å². The van der Waals surface area contributed by atoms with E-state index >= 15 is 0 Å². The van der Waals surface area contributed by atoms with Gasteiger partial charge in [-0.3, -0.25) is 0 Å². The number of hydrogen-bond acceptors (Lipinski definition) is 3. The molecule has 0 aliphatic heterocycles. The second-order valence-electron chi connectivity index (χ2n) is 17.2. The summed E-state index contributed by atoms with van der Waals surface area (Å²) in [6, 6.07) is 0. The van der Waals surface area contributed by atoms with E-state index < -0.39 is 0 Å². The van der Waals surface area contributed by atoms with Gasteiger partial charge in [-0.1, -0.05) is 101 Å². The summed E-state index contributed by atoms with van der Waals surface area (Å²) in [5.41, 5.74) is -0.379. The first-order valence-electron chi connectivity index (χ1n) is 20.9. The zero-order valence-electron chi connectivity index (χ0n) is 32.1. The molecular weight excluding hydrogens is 576 g/mol. The Morgan fingerprint density at radius 3 is 1.00 bits per heavy atom. The van der Waals surface area contributed by atoms with Crippen molar-refractivity contribution in [3.63, 3.8) is 0 Å². The second-order valence-corrected chi connectivity index (χ2v) is 17.2. The Bertz CT molecular complexity index is 808. The Morgan fingerprint density at radius 1 is 0.447 bits per heavy atom. The monoisotopic (exact) mass is 655 g/mol. The fourth-order valence-corrected chi connectivity index (χ4v) is 10.6. The second kappa shape index (κ2) is 20.3. The van der Waals surface area contributed by atoms with Crippen molar-refractivity contribution in [2.75, 3.05) is 26.4 Å². The number of rotatable bonds is 18. The van der Waals surface area contributed by atoms with Crippen molar-refractivity contribution in [2.24, 2.45) is 47.3 Å². The lowest BCUT2D eigenvalue weighted by atomic mass is 9.69. The lowest BCUT2D eigenvalue weighted by molar-refractivity contribution is -0.155. The Hall–Kier alpha value is -0.640. The average Bonchev–Trinajstić information content (AvgIpc) is 3.09. The molecule has 0 heterocycles. The minimum atomic E-state index is -0.190. The summed E-state index contributed by atoms with van der Waals surface area (Å²) < 4.78 is 18.9. The number of allylic oxidation sites excluding steroid dienone is 2. The Kier molecular flexibility index (Phi) is 16.9. The standard InChI is InChI=1S/C44H78O3/c1-7-31-43(5,41-27-23-37(24-28-41)13-11-35-15-19-39(20-16-35)33-45-9-3)47-44(6,32-8-2)42-29-25-38(26-30-42)14-12-36-17-21-40(22-18-36)34-46-10-4/h7-8,31-32,35-42H,9-30,33-34H2,1-6H3. The van der Waals surface area contributed by atoms with Gasteiger partial charge in [0, 0.05) is 26.4 Å². The van der Waals surface area contributed by atoms with Crippen LogP contribution in [0.15, 0.2) is 24.3 Å². The van der Waals surface area contributed by atoms with Gasteiger partial charge in [0.1, 0.15) is 0 Å². The molecule has 2 unspecified atom stereocenters. The van der Waals surface area contributed by atoms with Gasteiger partial charge in [-0.2, -0.15) is 0 Å². The van der Waals surface area contributed by atoms with E-state index in [1.165, 1.54) is 128 Å². The summed E-state index contributed by atoms with van der Waals surface area (Å²) in [7, 11) is 0. The van der Waals surface area contributed by atoms with E-state index in [0.29, 0.717) is 11.8 Å². The first kappa shape index (κ1) is 39.2. The molecule has 0 saturated heterocycles.